The molecule has 23 heavy (non-hydrogen) atoms. The normalized spacial score (nSPS) is 28.0. The highest BCUT2D eigenvalue weighted by Crippen LogP contribution is 2.68. The Labute approximate surface area is 170 Å². The minimum atomic E-state index is -0.124. The van der Waals surface area contributed by atoms with Gasteiger partial charge in [0.25, 0.3) is 0 Å². The minimum absolute atomic E-state index is 0.124. The molecule has 1 atom stereocenters. The van der Waals surface area contributed by atoms with Crippen LogP contribution >= 0.6 is 94.1 Å². The molecule has 4 aliphatic heterocycles. The summed E-state index contributed by atoms with van der Waals surface area (Å²) in [5.74, 6) is 3.54. The topological polar surface area (TPSA) is 18.5 Å². The molecule has 0 amide bonds. The van der Waals surface area contributed by atoms with Gasteiger partial charge in [0.1, 0.15) is 0 Å². The van der Waals surface area contributed by atoms with E-state index in [1.165, 1.54) is 36.9 Å². The summed E-state index contributed by atoms with van der Waals surface area (Å²) in [7, 11) is 3.45. The van der Waals surface area contributed by atoms with Crippen molar-refractivity contribution in [3.8, 4) is 0 Å². The standard InChI is InChI=1S/C13H14O2S8/c1-14-7(15-2)6-5-18-10-11(19-6)23-13(22-10)12-20-8-9(21-12)17-4-3-16-8/h6-7H,3-5H2,1-2H3. The van der Waals surface area contributed by atoms with Crippen molar-refractivity contribution in [3.63, 3.8) is 0 Å². The van der Waals surface area contributed by atoms with Gasteiger partial charge in [-0.25, -0.2) is 0 Å². The minimum Gasteiger partial charge on any atom is -0.355 e. The first-order valence-electron chi connectivity index (χ1n) is 6.83. The molecule has 0 saturated carbocycles. The quantitative estimate of drug-likeness (QED) is 0.448. The Bertz CT molecular complexity index is 575. The average Bonchev–Trinajstić information content (AvgIpc) is 3.19. The van der Waals surface area contributed by atoms with E-state index in [1.54, 1.807) is 14.2 Å². The maximum Gasteiger partial charge on any atom is 0.169 e. The van der Waals surface area contributed by atoms with Gasteiger partial charge >= 0.3 is 0 Å². The summed E-state index contributed by atoms with van der Waals surface area (Å²) in [6.45, 7) is 0. The predicted molar refractivity (Wildman–Crippen MR) is 118 cm³/mol. The molecule has 0 N–H and O–H groups in total. The molecule has 0 saturated heterocycles. The Hall–Kier alpha value is 1.94. The van der Waals surface area contributed by atoms with Crippen molar-refractivity contribution in [2.75, 3.05) is 31.5 Å². The van der Waals surface area contributed by atoms with E-state index < -0.39 is 0 Å². The van der Waals surface area contributed by atoms with Crippen molar-refractivity contribution >= 4 is 94.1 Å². The zero-order valence-electron chi connectivity index (χ0n) is 12.4. The molecule has 4 aliphatic rings. The number of ether oxygens (including phenoxy) is 2. The third kappa shape index (κ3) is 3.96. The van der Waals surface area contributed by atoms with Gasteiger partial charge in [-0.05, 0) is 0 Å². The number of hydrogen-bond donors (Lipinski definition) is 0. The zero-order valence-corrected chi connectivity index (χ0v) is 18.9. The van der Waals surface area contributed by atoms with Crippen LogP contribution in [0.25, 0.3) is 0 Å². The molecule has 0 aromatic rings. The number of thioether (sulfide) groups is 8. The van der Waals surface area contributed by atoms with Crippen molar-refractivity contribution in [1.29, 1.82) is 0 Å². The Morgan fingerprint density at radius 3 is 1.83 bits per heavy atom. The lowest BCUT2D eigenvalue weighted by Gasteiger charge is -2.27. The lowest BCUT2D eigenvalue weighted by atomic mass is 10.4. The number of hydrogen-bond acceptors (Lipinski definition) is 10. The summed E-state index contributed by atoms with van der Waals surface area (Å²) in [5.41, 5.74) is 0. The zero-order chi connectivity index (χ0) is 15.8. The summed E-state index contributed by atoms with van der Waals surface area (Å²) in [4.78, 5) is 0. The van der Waals surface area contributed by atoms with Gasteiger partial charge in [0.2, 0.25) is 0 Å². The first-order chi connectivity index (χ1) is 11.3. The van der Waals surface area contributed by atoms with E-state index in [0.717, 1.165) is 5.75 Å². The molecule has 0 fully saturated rings. The van der Waals surface area contributed by atoms with E-state index in [-0.39, 0.29) is 6.29 Å². The summed E-state index contributed by atoms with van der Waals surface area (Å²) in [6.07, 6.45) is -0.124. The molecule has 0 radical (unpaired) electrons. The molecule has 0 aromatic carbocycles. The van der Waals surface area contributed by atoms with Crippen LogP contribution in [0.5, 0.6) is 0 Å². The predicted octanol–water partition coefficient (Wildman–Crippen LogP) is 6.27. The van der Waals surface area contributed by atoms with Crippen LogP contribution in [0.4, 0.5) is 0 Å². The van der Waals surface area contributed by atoms with Gasteiger partial charge in [-0.2, -0.15) is 0 Å². The summed E-state index contributed by atoms with van der Waals surface area (Å²) in [6, 6.07) is 0. The van der Waals surface area contributed by atoms with E-state index in [9.17, 15) is 0 Å². The van der Waals surface area contributed by atoms with Gasteiger partial charge in [0.15, 0.2) is 6.29 Å². The van der Waals surface area contributed by atoms with Crippen molar-refractivity contribution in [2.24, 2.45) is 0 Å². The molecule has 1 unspecified atom stereocenters. The van der Waals surface area contributed by atoms with Crippen molar-refractivity contribution in [1.82, 2.24) is 0 Å². The molecule has 0 aromatic heterocycles. The van der Waals surface area contributed by atoms with E-state index in [0.29, 0.717) is 5.25 Å². The summed E-state index contributed by atoms with van der Waals surface area (Å²) < 4.78 is 19.8. The second-order valence-corrected chi connectivity index (χ2v) is 14.8. The van der Waals surface area contributed by atoms with Crippen LogP contribution in [0.15, 0.2) is 25.4 Å². The monoisotopic (exact) mass is 458 g/mol. The first-order valence-corrected chi connectivity index (χ1v) is 13.9. The molecule has 10 heteroatoms. The molecule has 126 valence electrons. The van der Waals surface area contributed by atoms with Crippen LogP contribution in [0, 0.1) is 0 Å². The van der Waals surface area contributed by atoms with E-state index in [1.807, 2.05) is 94.1 Å². The highest BCUT2D eigenvalue weighted by Gasteiger charge is 2.37. The first kappa shape index (κ1) is 18.3. The fourth-order valence-corrected chi connectivity index (χ4v) is 14.9. The molecule has 4 heterocycles. The third-order valence-corrected chi connectivity index (χ3v) is 15.5. The average molecular weight is 459 g/mol. The second kappa shape index (κ2) is 8.31. The largest absolute Gasteiger partial charge is 0.355 e. The molecule has 4 rings (SSSR count). The Morgan fingerprint density at radius 2 is 1.26 bits per heavy atom. The summed E-state index contributed by atoms with van der Waals surface area (Å²) >= 11 is 15.8. The Balaban J connectivity index is 1.44. The maximum absolute atomic E-state index is 5.45. The van der Waals surface area contributed by atoms with Crippen LogP contribution in [0.1, 0.15) is 0 Å². The van der Waals surface area contributed by atoms with Gasteiger partial charge in [0.05, 0.1) is 30.7 Å². The van der Waals surface area contributed by atoms with E-state index >= 15 is 0 Å². The molecular formula is C13H14O2S8. The van der Waals surface area contributed by atoms with Crippen LogP contribution in [-0.2, 0) is 9.47 Å². The fourth-order valence-electron chi connectivity index (χ4n) is 2.18. The van der Waals surface area contributed by atoms with E-state index in [4.69, 9.17) is 9.47 Å². The summed E-state index contributed by atoms with van der Waals surface area (Å²) in [5, 5.41) is 0.368. The molecule has 0 spiro atoms. The molecule has 0 bridgehead atoms. The maximum atomic E-state index is 5.45. The molecule has 0 aliphatic carbocycles. The Morgan fingerprint density at radius 1 is 0.739 bits per heavy atom. The number of methoxy groups -OCH3 is 2. The third-order valence-electron chi connectivity index (χ3n) is 3.20. The highest BCUT2D eigenvalue weighted by molar-refractivity contribution is 8.45. The SMILES string of the molecule is COC(OC)C1CSC2=C(SC(=C3SC4=C(SCCS4)S3)S2)S1. The van der Waals surface area contributed by atoms with Crippen LogP contribution in [-0.4, -0.2) is 43.0 Å². The lowest BCUT2D eigenvalue weighted by Crippen LogP contribution is -2.30. The van der Waals surface area contributed by atoms with Crippen molar-refractivity contribution in [2.45, 2.75) is 11.5 Å². The molecular weight excluding hydrogens is 445 g/mol. The fraction of sp³-hybridized carbons (Fsp3) is 0.538. The van der Waals surface area contributed by atoms with Gasteiger partial charge in [0, 0.05) is 31.5 Å². The Kier molecular flexibility index (Phi) is 6.61. The van der Waals surface area contributed by atoms with Gasteiger partial charge in [-0.1, -0.05) is 47.0 Å². The van der Waals surface area contributed by atoms with Gasteiger partial charge < -0.3 is 9.47 Å². The molecule has 2 nitrogen and oxygen atoms in total. The second-order valence-electron chi connectivity index (χ2n) is 4.64. The van der Waals surface area contributed by atoms with Gasteiger partial charge in [-0.3, -0.25) is 0 Å². The smallest absolute Gasteiger partial charge is 0.169 e. The van der Waals surface area contributed by atoms with Crippen molar-refractivity contribution < 1.29 is 9.47 Å². The van der Waals surface area contributed by atoms with Crippen molar-refractivity contribution in [3.05, 3.63) is 25.4 Å². The van der Waals surface area contributed by atoms with Gasteiger partial charge in [-0.15, -0.1) is 47.0 Å². The van der Waals surface area contributed by atoms with Crippen LogP contribution in [0.2, 0.25) is 0 Å². The van der Waals surface area contributed by atoms with Crippen LogP contribution < -0.4 is 0 Å². The van der Waals surface area contributed by atoms with E-state index in [2.05, 4.69) is 0 Å². The van der Waals surface area contributed by atoms with Crippen LogP contribution in [0.3, 0.4) is 0 Å². The number of rotatable bonds is 3. The lowest BCUT2D eigenvalue weighted by molar-refractivity contribution is -0.0981. The highest BCUT2D eigenvalue weighted by atomic mass is 32.3.